The van der Waals surface area contributed by atoms with Crippen LogP contribution in [0.15, 0.2) is 41.7 Å². The first-order chi connectivity index (χ1) is 13.5. The number of benzene rings is 1. The lowest BCUT2D eigenvalue weighted by molar-refractivity contribution is 0.301. The summed E-state index contributed by atoms with van der Waals surface area (Å²) in [5.41, 5.74) is 2.54. The molecule has 1 saturated carbocycles. The van der Waals surface area contributed by atoms with Crippen LogP contribution in [-0.4, -0.2) is 29.9 Å². The minimum absolute atomic E-state index is 0.180. The van der Waals surface area contributed by atoms with E-state index < -0.39 is 16.3 Å². The molecule has 8 heteroatoms. The molecule has 2 heterocycles. The van der Waals surface area contributed by atoms with Crippen molar-refractivity contribution in [1.82, 2.24) is 14.5 Å². The van der Waals surface area contributed by atoms with Crippen molar-refractivity contribution in [1.29, 1.82) is 0 Å². The van der Waals surface area contributed by atoms with Crippen LogP contribution in [0.2, 0.25) is 0 Å². The van der Waals surface area contributed by atoms with Gasteiger partial charge in [0.15, 0.2) is 11.1 Å². The van der Waals surface area contributed by atoms with E-state index in [0.29, 0.717) is 34.7 Å². The van der Waals surface area contributed by atoms with Crippen LogP contribution in [0.4, 0.5) is 0 Å². The molecule has 0 radical (unpaired) electrons. The summed E-state index contributed by atoms with van der Waals surface area (Å²) in [6, 6.07) is 5.49. The van der Waals surface area contributed by atoms with Crippen LogP contribution in [0.1, 0.15) is 30.6 Å². The summed E-state index contributed by atoms with van der Waals surface area (Å²) in [6.07, 6.45) is 6.98. The summed E-state index contributed by atoms with van der Waals surface area (Å²) in [7, 11) is 1.68. The summed E-state index contributed by atoms with van der Waals surface area (Å²) < 4.78 is 28.7. The molecule has 2 aromatic heterocycles. The smallest absolute Gasteiger partial charge is 0.261 e. The van der Waals surface area contributed by atoms with Gasteiger partial charge in [0, 0.05) is 30.6 Å². The summed E-state index contributed by atoms with van der Waals surface area (Å²) >= 11 is -1.99. The molecule has 0 aliphatic heterocycles. The van der Waals surface area contributed by atoms with Crippen molar-refractivity contribution < 1.29 is 13.5 Å². The SMILES string of the molecule is CC(c1ccc(OCC2CC2)c(-c2cn(C)c(=O)c3cncnc23)c1)S(=O)O. The molecule has 1 aromatic carbocycles. The zero-order valence-electron chi connectivity index (χ0n) is 15.7. The number of hydrogen-bond acceptors (Lipinski definition) is 5. The van der Waals surface area contributed by atoms with Gasteiger partial charge < -0.3 is 13.9 Å². The van der Waals surface area contributed by atoms with E-state index in [0.717, 1.165) is 11.1 Å². The van der Waals surface area contributed by atoms with Gasteiger partial charge in [-0.15, -0.1) is 0 Å². The van der Waals surface area contributed by atoms with Gasteiger partial charge >= 0.3 is 0 Å². The molecule has 3 aromatic rings. The molecule has 2 unspecified atom stereocenters. The Morgan fingerprint density at radius 1 is 1.36 bits per heavy atom. The molecule has 1 N–H and O–H groups in total. The summed E-state index contributed by atoms with van der Waals surface area (Å²) in [6.45, 7) is 2.33. The van der Waals surface area contributed by atoms with Gasteiger partial charge in [0.2, 0.25) is 0 Å². The fourth-order valence-corrected chi connectivity index (χ4v) is 3.53. The van der Waals surface area contributed by atoms with E-state index in [1.807, 2.05) is 18.2 Å². The van der Waals surface area contributed by atoms with Gasteiger partial charge in [-0.1, -0.05) is 6.07 Å². The zero-order valence-corrected chi connectivity index (χ0v) is 16.5. The van der Waals surface area contributed by atoms with Gasteiger partial charge in [-0.3, -0.25) is 4.79 Å². The van der Waals surface area contributed by atoms with Gasteiger partial charge in [-0.05, 0) is 43.4 Å². The lowest BCUT2D eigenvalue weighted by Crippen LogP contribution is -2.17. The number of aryl methyl sites for hydroxylation is 1. The van der Waals surface area contributed by atoms with Crippen LogP contribution in [0, 0.1) is 5.92 Å². The van der Waals surface area contributed by atoms with Gasteiger partial charge in [0.1, 0.15) is 12.1 Å². The van der Waals surface area contributed by atoms with Crippen molar-refractivity contribution in [2.24, 2.45) is 13.0 Å². The third kappa shape index (κ3) is 3.57. The summed E-state index contributed by atoms with van der Waals surface area (Å²) in [5.74, 6) is 1.25. The largest absolute Gasteiger partial charge is 0.493 e. The Morgan fingerprint density at radius 2 is 2.14 bits per heavy atom. The van der Waals surface area contributed by atoms with E-state index in [2.05, 4.69) is 9.97 Å². The molecule has 1 aliphatic carbocycles. The van der Waals surface area contributed by atoms with Crippen LogP contribution >= 0.6 is 0 Å². The van der Waals surface area contributed by atoms with Crippen molar-refractivity contribution >= 4 is 22.0 Å². The molecular formula is C20H21N3O4S. The lowest BCUT2D eigenvalue weighted by atomic mass is 10.00. The second kappa shape index (κ2) is 7.44. The van der Waals surface area contributed by atoms with Crippen LogP contribution in [0.5, 0.6) is 5.75 Å². The third-order valence-corrected chi connectivity index (χ3v) is 5.96. The van der Waals surface area contributed by atoms with Crippen molar-refractivity contribution in [2.45, 2.75) is 25.0 Å². The van der Waals surface area contributed by atoms with Gasteiger partial charge in [-0.25, -0.2) is 14.2 Å². The first-order valence-corrected chi connectivity index (χ1v) is 10.3. The molecule has 1 fully saturated rings. The lowest BCUT2D eigenvalue weighted by Gasteiger charge is -2.17. The Balaban J connectivity index is 1.92. The predicted octanol–water partition coefficient (Wildman–Crippen LogP) is 3.07. The number of aromatic nitrogens is 3. The van der Waals surface area contributed by atoms with Crippen LogP contribution in [-0.2, 0) is 18.1 Å². The highest BCUT2D eigenvalue weighted by Crippen LogP contribution is 2.37. The fourth-order valence-electron chi connectivity index (χ4n) is 3.15. The number of rotatable bonds is 6. The van der Waals surface area contributed by atoms with Crippen molar-refractivity contribution in [3.05, 3.63) is 52.8 Å². The molecule has 4 rings (SSSR count). The normalized spacial score (nSPS) is 16.1. The summed E-state index contributed by atoms with van der Waals surface area (Å²) in [4.78, 5) is 20.8. The second-order valence-electron chi connectivity index (χ2n) is 7.17. The average molecular weight is 399 g/mol. The minimum atomic E-state index is -1.99. The first kappa shape index (κ1) is 18.8. The van der Waals surface area contributed by atoms with Crippen LogP contribution in [0.3, 0.4) is 0 Å². The standard InChI is InChI=1S/C20H21N3O4S/c1-12(28(25)26)14-5-6-18(27-10-13-3-4-13)15(7-14)17-9-23(2)20(24)16-8-21-11-22-19(16)17/h5-9,11-13H,3-4,10H2,1-2H3,(H,25,26). The number of hydrogen-bond donors (Lipinski definition) is 1. The van der Waals surface area contributed by atoms with E-state index in [-0.39, 0.29) is 5.56 Å². The number of ether oxygens (including phenoxy) is 1. The number of fused-ring (bicyclic) bond motifs is 1. The van der Waals surface area contributed by atoms with Crippen LogP contribution in [0.25, 0.3) is 22.0 Å². The van der Waals surface area contributed by atoms with Crippen molar-refractivity contribution in [3.63, 3.8) is 0 Å². The Labute approximate surface area is 164 Å². The maximum Gasteiger partial charge on any atom is 0.261 e. The van der Waals surface area contributed by atoms with Crippen LogP contribution < -0.4 is 10.3 Å². The highest BCUT2D eigenvalue weighted by molar-refractivity contribution is 7.79. The molecule has 2 atom stereocenters. The van der Waals surface area contributed by atoms with E-state index in [9.17, 15) is 13.6 Å². The molecule has 1 aliphatic rings. The summed E-state index contributed by atoms with van der Waals surface area (Å²) in [5, 5.41) is -0.135. The molecule has 7 nitrogen and oxygen atoms in total. The van der Waals surface area contributed by atoms with E-state index in [1.165, 1.54) is 29.9 Å². The molecule has 0 amide bonds. The van der Waals surface area contributed by atoms with Crippen molar-refractivity contribution in [3.8, 4) is 16.9 Å². The maximum absolute atomic E-state index is 12.5. The first-order valence-electron chi connectivity index (χ1n) is 9.12. The topological polar surface area (TPSA) is 94.3 Å². The quantitative estimate of drug-likeness (QED) is 0.640. The zero-order chi connectivity index (χ0) is 19.8. The van der Waals surface area contributed by atoms with E-state index >= 15 is 0 Å². The Kier molecular flexibility index (Phi) is 4.99. The Morgan fingerprint density at radius 3 is 2.86 bits per heavy atom. The molecule has 0 saturated heterocycles. The minimum Gasteiger partial charge on any atom is -0.493 e. The van der Waals surface area contributed by atoms with Gasteiger partial charge in [0.25, 0.3) is 5.56 Å². The second-order valence-corrected chi connectivity index (χ2v) is 8.43. The van der Waals surface area contributed by atoms with Gasteiger partial charge in [0.05, 0.1) is 22.8 Å². The number of pyridine rings is 1. The van der Waals surface area contributed by atoms with Gasteiger partial charge in [-0.2, -0.15) is 0 Å². The highest BCUT2D eigenvalue weighted by atomic mass is 32.2. The van der Waals surface area contributed by atoms with E-state index in [4.69, 9.17) is 4.74 Å². The monoisotopic (exact) mass is 399 g/mol. The molecular weight excluding hydrogens is 378 g/mol. The molecule has 146 valence electrons. The molecule has 28 heavy (non-hydrogen) atoms. The average Bonchev–Trinajstić information content (AvgIpc) is 3.53. The predicted molar refractivity (Wildman–Crippen MR) is 108 cm³/mol. The van der Waals surface area contributed by atoms with E-state index in [1.54, 1.807) is 20.2 Å². The number of nitrogens with zero attached hydrogens (tertiary/aromatic N) is 3. The highest BCUT2D eigenvalue weighted by Gasteiger charge is 2.24. The third-order valence-electron chi connectivity index (χ3n) is 5.08. The molecule has 0 bridgehead atoms. The Bertz CT molecular complexity index is 1120. The maximum atomic E-state index is 12.5. The fraction of sp³-hybridized carbons (Fsp3) is 0.350. The molecule has 0 spiro atoms. The Hall–Kier alpha value is -2.58. The van der Waals surface area contributed by atoms with Crippen molar-refractivity contribution in [2.75, 3.05) is 6.61 Å².